The molecule has 7 heteroatoms. The van der Waals surface area contributed by atoms with Crippen LogP contribution in [0.1, 0.15) is 12.8 Å². The van der Waals surface area contributed by atoms with Gasteiger partial charge in [0, 0.05) is 10.9 Å². The van der Waals surface area contributed by atoms with E-state index in [1.807, 2.05) is 6.26 Å². The molecule has 0 amide bonds. The van der Waals surface area contributed by atoms with Gasteiger partial charge in [-0.3, -0.25) is 0 Å². The summed E-state index contributed by atoms with van der Waals surface area (Å²) in [6.07, 6.45) is 3.54. The molecule has 2 rings (SSSR count). The Morgan fingerprint density at radius 2 is 2.05 bits per heavy atom. The molecule has 0 atom stereocenters. The summed E-state index contributed by atoms with van der Waals surface area (Å²) in [5, 5.41) is 3.68. The molecule has 4 nitrogen and oxygen atoms in total. The molecule has 106 valence electrons. The average Bonchev–Trinajstić information content (AvgIpc) is 2.39. The van der Waals surface area contributed by atoms with Gasteiger partial charge >= 0.3 is 0 Å². The topological polar surface area (TPSA) is 58.2 Å². The number of sulfonamides is 1. The molecule has 1 heterocycles. The van der Waals surface area contributed by atoms with Crippen molar-refractivity contribution in [1.29, 1.82) is 0 Å². The summed E-state index contributed by atoms with van der Waals surface area (Å²) in [5.41, 5.74) is 0. The molecule has 0 saturated carbocycles. The standard InChI is InChI=1S/C12H17ClN2O2S2/c1-18-12-3-2-10(8-11(12)13)19(16,17)15-9-4-6-14-7-5-9/h2-3,8-9,14-15H,4-7H2,1H3. The van der Waals surface area contributed by atoms with Crippen LogP contribution in [-0.2, 0) is 10.0 Å². The summed E-state index contributed by atoms with van der Waals surface area (Å²) in [7, 11) is -3.48. The second-order valence-electron chi connectivity index (χ2n) is 4.44. The van der Waals surface area contributed by atoms with Gasteiger partial charge in [-0.05, 0) is 50.4 Å². The minimum absolute atomic E-state index is 0.00486. The number of thioether (sulfide) groups is 1. The van der Waals surface area contributed by atoms with E-state index in [4.69, 9.17) is 11.6 Å². The Labute approximate surface area is 123 Å². The lowest BCUT2D eigenvalue weighted by Gasteiger charge is -2.23. The van der Waals surface area contributed by atoms with Crippen molar-refractivity contribution in [3.05, 3.63) is 23.2 Å². The molecule has 0 unspecified atom stereocenters. The minimum Gasteiger partial charge on any atom is -0.317 e. The zero-order chi connectivity index (χ0) is 13.9. The van der Waals surface area contributed by atoms with Crippen LogP contribution in [0, 0.1) is 0 Å². The van der Waals surface area contributed by atoms with E-state index in [0.717, 1.165) is 30.8 Å². The van der Waals surface area contributed by atoms with Crippen LogP contribution in [-0.4, -0.2) is 33.8 Å². The maximum Gasteiger partial charge on any atom is 0.240 e. The number of halogens is 1. The van der Waals surface area contributed by atoms with Crippen LogP contribution in [0.2, 0.25) is 5.02 Å². The molecule has 1 fully saturated rings. The van der Waals surface area contributed by atoms with Gasteiger partial charge in [-0.25, -0.2) is 13.1 Å². The summed E-state index contributed by atoms with van der Waals surface area (Å²) < 4.78 is 27.3. The smallest absolute Gasteiger partial charge is 0.240 e. The van der Waals surface area contributed by atoms with Crippen LogP contribution >= 0.6 is 23.4 Å². The van der Waals surface area contributed by atoms with Crippen LogP contribution in [0.4, 0.5) is 0 Å². The monoisotopic (exact) mass is 320 g/mol. The van der Waals surface area contributed by atoms with Crippen molar-refractivity contribution in [2.24, 2.45) is 0 Å². The van der Waals surface area contributed by atoms with E-state index >= 15 is 0 Å². The van der Waals surface area contributed by atoms with E-state index in [1.54, 1.807) is 12.1 Å². The van der Waals surface area contributed by atoms with Gasteiger partial charge in [0.15, 0.2) is 0 Å². The second-order valence-corrected chi connectivity index (χ2v) is 7.41. The quantitative estimate of drug-likeness (QED) is 0.834. The number of benzene rings is 1. The third-order valence-corrected chi connectivity index (χ3v) is 5.83. The molecule has 1 saturated heterocycles. The van der Waals surface area contributed by atoms with E-state index < -0.39 is 10.0 Å². The Hall–Kier alpha value is -0.270. The lowest BCUT2D eigenvalue weighted by molar-refractivity contribution is 0.427. The number of rotatable bonds is 4. The van der Waals surface area contributed by atoms with Crippen LogP contribution in [0.5, 0.6) is 0 Å². The molecule has 0 aliphatic carbocycles. The summed E-state index contributed by atoms with van der Waals surface area (Å²) in [6.45, 7) is 1.69. The number of nitrogens with one attached hydrogen (secondary N) is 2. The van der Waals surface area contributed by atoms with Crippen molar-refractivity contribution in [3.63, 3.8) is 0 Å². The molecule has 2 N–H and O–H groups in total. The van der Waals surface area contributed by atoms with Crippen molar-refractivity contribution in [1.82, 2.24) is 10.0 Å². The zero-order valence-electron chi connectivity index (χ0n) is 10.6. The molecule has 1 aliphatic heterocycles. The maximum atomic E-state index is 12.3. The van der Waals surface area contributed by atoms with Gasteiger partial charge in [0.05, 0.1) is 9.92 Å². The summed E-state index contributed by atoms with van der Waals surface area (Å²) in [6, 6.07) is 4.85. The molecule has 0 aromatic heterocycles. The van der Waals surface area contributed by atoms with E-state index in [-0.39, 0.29) is 10.9 Å². The Balaban J connectivity index is 2.16. The molecule has 1 aliphatic rings. The van der Waals surface area contributed by atoms with Crippen LogP contribution in [0.3, 0.4) is 0 Å². The number of hydrogen-bond acceptors (Lipinski definition) is 4. The summed E-state index contributed by atoms with van der Waals surface area (Å²) >= 11 is 7.55. The summed E-state index contributed by atoms with van der Waals surface area (Å²) in [4.78, 5) is 1.11. The van der Waals surface area contributed by atoms with Crippen LogP contribution < -0.4 is 10.0 Å². The molecule has 0 spiro atoms. The Morgan fingerprint density at radius 1 is 1.37 bits per heavy atom. The molecular weight excluding hydrogens is 304 g/mol. The molecule has 1 aromatic carbocycles. The largest absolute Gasteiger partial charge is 0.317 e. The average molecular weight is 321 g/mol. The summed E-state index contributed by atoms with van der Waals surface area (Å²) in [5.74, 6) is 0. The molecule has 0 bridgehead atoms. The Bertz CT molecular complexity index is 543. The Morgan fingerprint density at radius 3 is 2.63 bits per heavy atom. The third-order valence-electron chi connectivity index (χ3n) is 3.09. The highest BCUT2D eigenvalue weighted by Crippen LogP contribution is 2.27. The first-order valence-corrected chi connectivity index (χ1v) is 9.18. The van der Waals surface area contributed by atoms with E-state index in [0.29, 0.717) is 5.02 Å². The van der Waals surface area contributed by atoms with Gasteiger partial charge in [0.2, 0.25) is 10.0 Å². The second kappa shape index (κ2) is 6.45. The number of hydrogen-bond donors (Lipinski definition) is 2. The zero-order valence-corrected chi connectivity index (χ0v) is 13.0. The van der Waals surface area contributed by atoms with Gasteiger partial charge in [-0.15, -0.1) is 11.8 Å². The van der Waals surface area contributed by atoms with Crippen molar-refractivity contribution in [3.8, 4) is 0 Å². The van der Waals surface area contributed by atoms with Gasteiger partial charge < -0.3 is 5.32 Å². The fourth-order valence-corrected chi connectivity index (χ4v) is 4.31. The maximum absolute atomic E-state index is 12.3. The number of piperidine rings is 1. The predicted octanol–water partition coefficient (Wildman–Crippen LogP) is 2.09. The fourth-order valence-electron chi connectivity index (χ4n) is 2.04. The first-order chi connectivity index (χ1) is 9.03. The minimum atomic E-state index is -3.48. The van der Waals surface area contributed by atoms with Crippen molar-refractivity contribution >= 4 is 33.4 Å². The van der Waals surface area contributed by atoms with E-state index in [1.165, 1.54) is 17.8 Å². The molecule has 1 aromatic rings. The van der Waals surface area contributed by atoms with Crippen LogP contribution in [0.25, 0.3) is 0 Å². The normalized spacial score (nSPS) is 17.6. The van der Waals surface area contributed by atoms with E-state index in [2.05, 4.69) is 10.0 Å². The van der Waals surface area contributed by atoms with Crippen LogP contribution in [0.15, 0.2) is 28.0 Å². The first kappa shape index (κ1) is 15.1. The molecule has 0 radical (unpaired) electrons. The first-order valence-electron chi connectivity index (χ1n) is 6.09. The SMILES string of the molecule is CSc1ccc(S(=O)(=O)NC2CCNCC2)cc1Cl. The van der Waals surface area contributed by atoms with Gasteiger partial charge in [0.1, 0.15) is 0 Å². The fraction of sp³-hybridized carbons (Fsp3) is 0.500. The van der Waals surface area contributed by atoms with Gasteiger partial charge in [-0.1, -0.05) is 11.6 Å². The lowest BCUT2D eigenvalue weighted by atomic mass is 10.1. The van der Waals surface area contributed by atoms with Gasteiger partial charge in [0.25, 0.3) is 0 Å². The highest BCUT2D eigenvalue weighted by molar-refractivity contribution is 7.98. The predicted molar refractivity (Wildman–Crippen MR) is 79.4 cm³/mol. The third kappa shape index (κ3) is 3.86. The lowest BCUT2D eigenvalue weighted by Crippen LogP contribution is -2.42. The highest BCUT2D eigenvalue weighted by atomic mass is 35.5. The van der Waals surface area contributed by atoms with Crippen molar-refractivity contribution < 1.29 is 8.42 Å². The highest BCUT2D eigenvalue weighted by Gasteiger charge is 2.22. The van der Waals surface area contributed by atoms with E-state index in [9.17, 15) is 8.42 Å². The van der Waals surface area contributed by atoms with Crippen molar-refractivity contribution in [2.45, 2.75) is 28.7 Å². The molecular formula is C12H17ClN2O2S2. The van der Waals surface area contributed by atoms with Crippen molar-refractivity contribution in [2.75, 3.05) is 19.3 Å². The Kier molecular flexibility index (Phi) is 5.14. The molecule has 19 heavy (non-hydrogen) atoms. The van der Waals surface area contributed by atoms with Gasteiger partial charge in [-0.2, -0.15) is 0 Å².